The third-order valence-corrected chi connectivity index (χ3v) is 3.63. The molecule has 3 heterocycles. The van der Waals surface area contributed by atoms with E-state index in [0.717, 1.165) is 11.8 Å². The summed E-state index contributed by atoms with van der Waals surface area (Å²) < 4.78 is 67.3. The molecule has 2 atom stereocenters. The Balaban J connectivity index is 1.74. The van der Waals surface area contributed by atoms with Crippen LogP contribution in [0.25, 0.3) is 5.57 Å². The molecule has 0 N–H and O–H groups in total. The van der Waals surface area contributed by atoms with Gasteiger partial charge in [0, 0.05) is 37.2 Å². The molecule has 0 spiro atoms. The minimum atomic E-state index is -2.53. The number of rotatable bonds is 1. The van der Waals surface area contributed by atoms with E-state index in [0.29, 0.717) is 5.57 Å². The van der Waals surface area contributed by atoms with Crippen molar-refractivity contribution in [3.8, 4) is 5.88 Å². The Kier molecular flexibility index (Phi) is 1.42. The van der Waals surface area contributed by atoms with E-state index >= 15 is 0 Å². The highest BCUT2D eigenvalue weighted by Gasteiger charge is 2.38. The van der Waals surface area contributed by atoms with E-state index in [1.807, 2.05) is 6.08 Å². The zero-order valence-corrected chi connectivity index (χ0v) is 10.9. The summed E-state index contributed by atoms with van der Waals surface area (Å²) in [6, 6.07) is 2.42. The Labute approximate surface area is 135 Å². The summed E-state index contributed by atoms with van der Waals surface area (Å²) >= 11 is 0. The fourth-order valence-electron chi connectivity index (χ4n) is 2.67. The molecule has 1 aliphatic heterocycles. The summed E-state index contributed by atoms with van der Waals surface area (Å²) in [7, 11) is 0. The van der Waals surface area contributed by atoms with Crippen LogP contribution in [-0.4, -0.2) is 16.1 Å². The van der Waals surface area contributed by atoms with Crippen LogP contribution in [0.1, 0.15) is 39.4 Å². The Hall–Kier alpha value is -2.42. The summed E-state index contributed by atoms with van der Waals surface area (Å²) in [5, 5.41) is 0. The first kappa shape index (κ1) is 6.56. The van der Waals surface area contributed by atoms with Crippen LogP contribution >= 0.6 is 0 Å². The van der Waals surface area contributed by atoms with E-state index in [-0.39, 0.29) is 34.8 Å². The molecular weight excluding hydrogens is 260 g/mol. The van der Waals surface area contributed by atoms with Gasteiger partial charge in [0.2, 0.25) is 5.88 Å². The van der Waals surface area contributed by atoms with Gasteiger partial charge in [0.25, 0.3) is 0 Å². The third-order valence-electron chi connectivity index (χ3n) is 3.63. The average Bonchev–Trinajstić information content (AvgIpc) is 3.00. The van der Waals surface area contributed by atoms with Crippen molar-refractivity contribution in [2.45, 2.75) is 25.7 Å². The monoisotopic (exact) mass is 284 g/mol. The van der Waals surface area contributed by atoms with Crippen LogP contribution in [-0.2, 0) is 0 Å². The van der Waals surface area contributed by atoms with Gasteiger partial charge >= 0.3 is 0 Å². The first-order valence-corrected chi connectivity index (χ1v) is 6.52. The standard InChI is InChI=1S/C18H16N2O/c1-11-6-9-16(19-10-11)15-5-3-4-13-14-8-7-12(2)20-18(14)21-17(13)15/h3-10,13,17H,1-2H3/i1D3,2D3,6D,9D. The van der Waals surface area contributed by atoms with Crippen molar-refractivity contribution in [2.75, 3.05) is 0 Å². The quantitative estimate of drug-likeness (QED) is 0.802. The van der Waals surface area contributed by atoms with Crippen molar-refractivity contribution in [3.63, 3.8) is 0 Å². The molecule has 2 unspecified atom stereocenters. The van der Waals surface area contributed by atoms with Crippen molar-refractivity contribution in [3.05, 3.63) is 71.2 Å². The summed E-state index contributed by atoms with van der Waals surface area (Å²) in [6.07, 6.45) is 5.87. The van der Waals surface area contributed by atoms with Gasteiger partial charge in [-0.15, -0.1) is 0 Å². The minimum Gasteiger partial charge on any atom is -0.468 e. The molecule has 0 saturated heterocycles. The molecule has 2 aliphatic rings. The van der Waals surface area contributed by atoms with E-state index < -0.39 is 25.9 Å². The van der Waals surface area contributed by atoms with Gasteiger partial charge in [0.05, 0.1) is 8.44 Å². The Morgan fingerprint density at radius 1 is 1.29 bits per heavy atom. The number of pyridine rings is 2. The average molecular weight is 284 g/mol. The normalized spacial score (nSPS) is 29.0. The van der Waals surface area contributed by atoms with Crippen molar-refractivity contribution in [2.24, 2.45) is 0 Å². The predicted octanol–water partition coefficient (Wildman–Crippen LogP) is 3.59. The lowest BCUT2D eigenvalue weighted by Crippen LogP contribution is -2.22. The van der Waals surface area contributed by atoms with Gasteiger partial charge in [0.15, 0.2) is 0 Å². The maximum atomic E-state index is 8.27. The molecule has 0 radical (unpaired) electrons. The van der Waals surface area contributed by atoms with Gasteiger partial charge in [-0.3, -0.25) is 4.98 Å². The van der Waals surface area contributed by atoms with Gasteiger partial charge in [-0.25, -0.2) is 4.98 Å². The Morgan fingerprint density at radius 3 is 3.19 bits per heavy atom. The Morgan fingerprint density at radius 2 is 2.29 bits per heavy atom. The molecular formula is C18H16N2O. The van der Waals surface area contributed by atoms with Crippen LogP contribution in [0.3, 0.4) is 0 Å². The van der Waals surface area contributed by atoms with Crippen LogP contribution < -0.4 is 4.74 Å². The molecule has 3 heteroatoms. The van der Waals surface area contributed by atoms with E-state index in [1.54, 1.807) is 18.2 Å². The molecule has 21 heavy (non-hydrogen) atoms. The lowest BCUT2D eigenvalue weighted by molar-refractivity contribution is 0.269. The molecule has 0 fully saturated rings. The molecule has 3 nitrogen and oxygen atoms in total. The predicted molar refractivity (Wildman–Crippen MR) is 82.2 cm³/mol. The SMILES string of the molecule is [2H]c1c(C([2H])([2H])[2H])cnc(C2=CC=CC3c4ccc(C([2H])([2H])[2H])nc4OC23)c1[2H]. The smallest absolute Gasteiger partial charge is 0.218 e. The number of fused-ring (bicyclic) bond motifs is 3. The fraction of sp³-hybridized carbons (Fsp3) is 0.222. The number of nitrogens with zero attached hydrogens (tertiary/aromatic N) is 2. The highest BCUT2D eigenvalue weighted by molar-refractivity contribution is 5.73. The van der Waals surface area contributed by atoms with E-state index in [9.17, 15) is 0 Å². The highest BCUT2D eigenvalue weighted by atomic mass is 16.5. The number of hydrogen-bond donors (Lipinski definition) is 0. The summed E-state index contributed by atoms with van der Waals surface area (Å²) in [5.74, 6) is -0.0383. The molecule has 0 bridgehead atoms. The van der Waals surface area contributed by atoms with Crippen LogP contribution in [0, 0.1) is 13.7 Å². The summed E-state index contributed by atoms with van der Waals surface area (Å²) in [5.41, 5.74) is 1.04. The minimum absolute atomic E-state index is 0.0702. The molecule has 1 aliphatic carbocycles. The molecule has 4 rings (SSSR count). The fourth-order valence-corrected chi connectivity index (χ4v) is 2.67. The largest absolute Gasteiger partial charge is 0.468 e. The number of ether oxygens (including phenoxy) is 1. The molecule has 2 aromatic heterocycles. The van der Waals surface area contributed by atoms with Crippen molar-refractivity contribution >= 4 is 5.57 Å². The second-order valence-electron chi connectivity index (χ2n) is 4.93. The zero-order valence-electron chi connectivity index (χ0n) is 18.9. The van der Waals surface area contributed by atoms with E-state index in [2.05, 4.69) is 9.97 Å². The highest BCUT2D eigenvalue weighted by Crippen LogP contribution is 2.44. The first-order valence-electron chi connectivity index (χ1n) is 10.5. The van der Waals surface area contributed by atoms with Gasteiger partial charge in [-0.2, -0.15) is 0 Å². The van der Waals surface area contributed by atoms with Gasteiger partial charge in [-0.05, 0) is 31.4 Å². The third kappa shape index (κ3) is 1.97. The summed E-state index contributed by atoms with van der Waals surface area (Å²) in [6.45, 7) is -4.89. The van der Waals surface area contributed by atoms with Crippen LogP contribution in [0.2, 0.25) is 0 Å². The lowest BCUT2D eigenvalue weighted by Gasteiger charge is -2.22. The van der Waals surface area contributed by atoms with Crippen molar-refractivity contribution in [1.29, 1.82) is 0 Å². The summed E-state index contributed by atoms with van der Waals surface area (Å²) in [4.78, 5) is 8.29. The maximum absolute atomic E-state index is 8.27. The second kappa shape index (κ2) is 4.55. The molecule has 0 aromatic carbocycles. The number of aromatic nitrogens is 2. The maximum Gasteiger partial charge on any atom is 0.218 e. The van der Waals surface area contributed by atoms with Crippen LogP contribution in [0.5, 0.6) is 5.88 Å². The first-order chi connectivity index (χ1) is 13.5. The van der Waals surface area contributed by atoms with E-state index in [1.165, 1.54) is 6.07 Å². The topological polar surface area (TPSA) is 35.0 Å². The second-order valence-corrected chi connectivity index (χ2v) is 4.93. The van der Waals surface area contributed by atoms with Crippen LogP contribution in [0.15, 0.2) is 48.6 Å². The Bertz CT molecular complexity index is 1060. The van der Waals surface area contributed by atoms with Gasteiger partial charge in [0.1, 0.15) is 6.10 Å². The molecule has 104 valence electrons. The molecule has 2 aromatic rings. The lowest BCUT2D eigenvalue weighted by atomic mass is 9.86. The molecule has 0 saturated carbocycles. The molecule has 0 amide bonds. The number of allylic oxidation sites excluding steroid dienone is 2. The van der Waals surface area contributed by atoms with Gasteiger partial charge in [-0.1, -0.05) is 30.3 Å². The van der Waals surface area contributed by atoms with Crippen molar-refractivity contribution in [1.82, 2.24) is 9.97 Å². The van der Waals surface area contributed by atoms with Crippen LogP contribution in [0.4, 0.5) is 0 Å². The number of hydrogen-bond acceptors (Lipinski definition) is 3. The zero-order chi connectivity index (χ0) is 21.1. The number of aryl methyl sites for hydroxylation is 2. The van der Waals surface area contributed by atoms with Crippen molar-refractivity contribution < 1.29 is 15.7 Å². The van der Waals surface area contributed by atoms with Gasteiger partial charge < -0.3 is 4.74 Å². The van der Waals surface area contributed by atoms with E-state index in [4.69, 9.17) is 15.7 Å².